The summed E-state index contributed by atoms with van der Waals surface area (Å²) in [5.74, 6) is 1.60. The zero-order valence-corrected chi connectivity index (χ0v) is 86.8. The van der Waals surface area contributed by atoms with Crippen molar-refractivity contribution in [1.82, 2.24) is 20.4 Å². The van der Waals surface area contributed by atoms with Crippen LogP contribution in [-0.4, -0.2) is 192 Å². The van der Waals surface area contributed by atoms with Gasteiger partial charge in [0.25, 0.3) is 11.8 Å². The van der Waals surface area contributed by atoms with E-state index in [1.165, 1.54) is 36.2 Å². The monoisotopic (exact) mass is 2080 g/mol. The molecule has 0 bridgehead atoms. The number of nitrogen functional groups attached to an aromatic ring is 1. The molecular weight excluding hydrogens is 1950 g/mol. The molecule has 10 aromatic carbocycles. The Morgan fingerprint density at radius 2 is 0.867 bits per heavy atom. The molecule has 0 radical (unpaired) electrons. The molecule has 788 valence electrons. The number of anilines is 6. The lowest BCUT2D eigenvalue weighted by atomic mass is 9.95. The second-order valence-electron chi connectivity index (χ2n) is 38.9. The number of nitrogens with one attached hydrogen (secondary N) is 3. The molecule has 31 nitrogen and oxygen atoms in total. The molecular formula is C117H130Cl2N10O21. The fourth-order valence-corrected chi connectivity index (χ4v) is 21.3. The van der Waals surface area contributed by atoms with Gasteiger partial charge in [-0.25, -0.2) is 19.4 Å². The highest BCUT2D eigenvalue weighted by Crippen LogP contribution is 2.51. The van der Waals surface area contributed by atoms with E-state index in [2.05, 4.69) is 48.3 Å². The fraction of sp³-hybridized carbons (Fsp3) is 0.385. The molecule has 5 unspecified atom stereocenters. The Morgan fingerprint density at radius 1 is 0.453 bits per heavy atom. The van der Waals surface area contributed by atoms with Gasteiger partial charge in [-0.05, 0) is 188 Å². The predicted octanol–water partition coefficient (Wildman–Crippen LogP) is 20.2. The van der Waals surface area contributed by atoms with Crippen molar-refractivity contribution in [3.8, 4) is 34.5 Å². The molecule has 0 spiro atoms. The van der Waals surface area contributed by atoms with Gasteiger partial charge in [-0.3, -0.25) is 28.8 Å². The van der Waals surface area contributed by atoms with Gasteiger partial charge in [0.05, 0.1) is 73.0 Å². The van der Waals surface area contributed by atoms with Crippen molar-refractivity contribution < 1.29 is 99.9 Å². The minimum atomic E-state index is -0.915. The number of methoxy groups -OCH3 is 2. The van der Waals surface area contributed by atoms with E-state index in [4.69, 9.17) is 90.5 Å². The lowest BCUT2D eigenvalue weighted by Crippen LogP contribution is -2.57. The van der Waals surface area contributed by atoms with E-state index in [0.717, 1.165) is 129 Å². The number of carbonyl (C=O) groups is 8. The number of ether oxygens (including phenoxy) is 13. The SMILES string of the molecule is C=CCOC(=C)NC(C(=O)N[C@@H](C)C(=O)Nc1ccc(COc2cc3c(c4ccccc24)[C@H](CCl)CN3C(=O)Cc2cccc(COc3cc4c(cc3OC)C(=O)N3CCCC[C@H]3C(OC3CCCCO3)N4C(=O)OCC=C)c2)cc1)C(C)C.C=CCOC(=O)N1c2cc(OCc3cccc(CC(=O)N4C[C@@H](CCl)c5c4cc(OCc4ccc(N)cc4)c4ccccc54)c3)c(OC)cc2C(=O)N2CCCC[C@H]2C1OC1CCCCO1. The van der Waals surface area contributed by atoms with Gasteiger partial charge in [0.2, 0.25) is 23.6 Å². The van der Waals surface area contributed by atoms with Crippen LogP contribution in [0, 0.1) is 5.92 Å². The van der Waals surface area contributed by atoms with Crippen molar-refractivity contribution in [2.45, 2.75) is 198 Å². The summed E-state index contributed by atoms with van der Waals surface area (Å²) in [6, 6.07) is 54.1. The maximum atomic E-state index is 14.6. The van der Waals surface area contributed by atoms with E-state index in [9.17, 15) is 38.4 Å². The predicted molar refractivity (Wildman–Crippen MR) is 576 cm³/mol. The van der Waals surface area contributed by atoms with Gasteiger partial charge in [-0.1, -0.05) is 173 Å². The average molecular weight is 2080 g/mol. The minimum Gasteiger partial charge on any atom is -0.493 e. The molecule has 0 aliphatic carbocycles. The third-order valence-electron chi connectivity index (χ3n) is 28.3. The number of fused-ring (bicyclic) bond motifs is 10. The first-order chi connectivity index (χ1) is 72.9. The molecule has 18 rings (SSSR count). The molecule has 150 heavy (non-hydrogen) atoms. The maximum Gasteiger partial charge on any atom is 0.416 e. The summed E-state index contributed by atoms with van der Waals surface area (Å²) in [6.45, 7) is 24.0. The first-order valence-corrected chi connectivity index (χ1v) is 52.5. The molecule has 33 heteroatoms. The summed E-state index contributed by atoms with van der Waals surface area (Å²) in [5, 5.41) is 12.4. The van der Waals surface area contributed by atoms with Crippen molar-refractivity contribution in [3.63, 3.8) is 0 Å². The molecule has 8 aliphatic rings. The lowest BCUT2D eigenvalue weighted by Gasteiger charge is -2.42. The van der Waals surface area contributed by atoms with Gasteiger partial charge in [-0.15, -0.1) is 23.2 Å². The molecule has 8 aliphatic heterocycles. The summed E-state index contributed by atoms with van der Waals surface area (Å²) < 4.78 is 79.8. The van der Waals surface area contributed by atoms with Gasteiger partial charge in [0, 0.05) is 109 Å². The standard InChI is InChI=1S/C65H75ClN6O12.C52H55ClN4O9/c1-8-28-79-42(6)68-60(40(3)4)62(75)67-41(5)61(74)69-47-25-23-43(24-26-47)38-82-54-35-53-59(49-20-11-10-19-48(49)54)46(36-66)37-71(53)57(73)32-44-17-16-18-45(31-44)39-83-56-34-52-50(33-55(56)78-7)63(76)70-27-14-12-21-51(70)64(72(52)65(77)81-29-9-2)84-58-22-13-15-30-80-58;1-3-22-63-52(60)57-42-27-46(45(61-2)26-40(42)50(59)55-21-8-6-15-41(55)51(57)66-48-16-7-9-23-62-48)65-32-35-12-10-11-34(24-35)25-47(58)56-30-36(29-53)49-39-14-5-4-13-38(39)44(28-43(49)56)64-31-33-17-19-37(54)20-18-33/h8-11,16-20,23-26,31,33-35,40-41,46,51,58,60,64,68H,1-2,6,12-15,21-22,27-30,32,36-39H2,3-5,7H3,(H,67,75)(H,69,74);3-5,10-14,17-20,24,26-28,36,41,48,51H,1,6-9,15-16,21-23,25,29-32,54H2,2H3/t41-,46+,51-,58?,60?,64?;36-,41+,48?,51?/m01/s1. The third kappa shape index (κ3) is 24.5. The number of benzene rings is 10. The Morgan fingerprint density at radius 3 is 1.29 bits per heavy atom. The van der Waals surface area contributed by atoms with Crippen LogP contribution in [0.4, 0.5) is 43.7 Å². The van der Waals surface area contributed by atoms with E-state index >= 15 is 0 Å². The van der Waals surface area contributed by atoms with E-state index in [1.54, 1.807) is 64.1 Å². The quantitative estimate of drug-likeness (QED) is 0.0121. The van der Waals surface area contributed by atoms with Crippen molar-refractivity contribution in [1.29, 1.82) is 0 Å². The second-order valence-corrected chi connectivity index (χ2v) is 39.5. The van der Waals surface area contributed by atoms with Crippen LogP contribution in [0.5, 0.6) is 34.5 Å². The molecule has 8 amide bonds. The summed E-state index contributed by atoms with van der Waals surface area (Å²) in [4.78, 5) is 123. The second kappa shape index (κ2) is 49.9. The molecule has 4 saturated heterocycles. The normalized spacial score (nSPS) is 19.5. The zero-order chi connectivity index (χ0) is 105. The molecule has 4 fully saturated rings. The Bertz CT molecular complexity index is 6620. The fourth-order valence-electron chi connectivity index (χ4n) is 20.8. The smallest absolute Gasteiger partial charge is 0.416 e. The number of amides is 8. The van der Waals surface area contributed by atoms with Gasteiger partial charge in [0.1, 0.15) is 69.8 Å². The van der Waals surface area contributed by atoms with Gasteiger partial charge in [-0.2, -0.15) is 0 Å². The first kappa shape index (κ1) is 107. The first-order valence-electron chi connectivity index (χ1n) is 51.4. The highest BCUT2D eigenvalue weighted by atomic mass is 35.5. The van der Waals surface area contributed by atoms with Crippen molar-refractivity contribution in [3.05, 3.63) is 288 Å². The molecule has 10 aromatic rings. The number of piperidine rings is 2. The highest BCUT2D eigenvalue weighted by Gasteiger charge is 2.50. The number of carbonyl (C=O) groups excluding carboxylic acids is 8. The summed E-state index contributed by atoms with van der Waals surface area (Å²) in [5.41, 5.74) is 16.7. The van der Waals surface area contributed by atoms with Crippen molar-refractivity contribution in [2.24, 2.45) is 5.92 Å². The van der Waals surface area contributed by atoms with E-state index < -0.39 is 67.3 Å². The van der Waals surface area contributed by atoms with Crippen LogP contribution in [0.1, 0.15) is 175 Å². The van der Waals surface area contributed by atoms with Crippen LogP contribution in [0.3, 0.4) is 0 Å². The number of rotatable bonds is 38. The molecule has 0 aromatic heterocycles. The van der Waals surface area contributed by atoms with Crippen LogP contribution in [0.15, 0.2) is 232 Å². The molecule has 10 atom stereocenters. The summed E-state index contributed by atoms with van der Waals surface area (Å²) in [7, 11) is 3.01. The number of hydrogen-bond acceptors (Lipinski definition) is 23. The largest absolute Gasteiger partial charge is 0.493 e. The average Bonchev–Trinajstić information content (AvgIpc) is 1.58. The number of halogens is 2. The number of nitrogens with zero attached hydrogens (tertiary/aromatic N) is 6. The van der Waals surface area contributed by atoms with Crippen molar-refractivity contribution in [2.75, 3.05) is 116 Å². The van der Waals surface area contributed by atoms with Crippen LogP contribution >= 0.6 is 23.2 Å². The number of hydrogen-bond donors (Lipinski definition) is 4. The topological polar surface area (TPSA) is 338 Å². The lowest BCUT2D eigenvalue weighted by molar-refractivity contribution is -0.199. The van der Waals surface area contributed by atoms with Gasteiger partial charge in [0.15, 0.2) is 53.9 Å². The Hall–Kier alpha value is -14.3. The van der Waals surface area contributed by atoms with Crippen LogP contribution in [0.25, 0.3) is 21.5 Å². The Labute approximate surface area is 884 Å². The van der Waals surface area contributed by atoms with Crippen LogP contribution < -0.4 is 69.7 Å². The maximum absolute atomic E-state index is 14.6. The molecule has 0 saturated carbocycles. The van der Waals surface area contributed by atoms with Crippen LogP contribution in [-0.2, 0) is 91.6 Å². The molecule has 8 heterocycles. The number of nitrogens with two attached hydrogens (primary N) is 1. The van der Waals surface area contributed by atoms with Crippen LogP contribution in [0.2, 0.25) is 0 Å². The van der Waals surface area contributed by atoms with Gasteiger partial charge >= 0.3 is 12.2 Å². The molecule has 5 N–H and O–H groups in total. The van der Waals surface area contributed by atoms with E-state index in [-0.39, 0.29) is 134 Å². The van der Waals surface area contributed by atoms with E-state index in [0.29, 0.717) is 124 Å². The van der Waals surface area contributed by atoms with Crippen molar-refractivity contribution >= 4 is 127 Å². The highest BCUT2D eigenvalue weighted by molar-refractivity contribution is 6.20. The summed E-state index contributed by atoms with van der Waals surface area (Å²) in [6.07, 6.45) is 10.0. The van der Waals surface area contributed by atoms with E-state index in [1.807, 2.05) is 158 Å². The zero-order valence-electron chi connectivity index (χ0n) is 85.3. The Kier molecular flexibility index (Phi) is 35.5. The third-order valence-corrected chi connectivity index (χ3v) is 29.1. The summed E-state index contributed by atoms with van der Waals surface area (Å²) >= 11 is 13.3. The Balaban J connectivity index is 0.000000210. The van der Waals surface area contributed by atoms with Gasteiger partial charge < -0.3 is 103 Å². The minimum absolute atomic E-state index is 0.0345. The number of alkyl halides is 2.